The molecule has 1 aromatic heterocycles. The number of nitrogens with zero attached hydrogens (tertiary/aromatic N) is 4. The predicted octanol–water partition coefficient (Wildman–Crippen LogP) is 3.17. The fourth-order valence-electron chi connectivity index (χ4n) is 4.63. The maximum atomic E-state index is 13.1. The molecule has 1 aliphatic heterocycles. The molecule has 0 bridgehead atoms. The molecule has 1 saturated heterocycles. The standard InChI is InChI=1S/C25H29ClN6O3/c1-16(27-23(34)18-6-4-5-17(14-18)22-28-30-31-29-22)13-21(33)32-12-11-25(35,24(2,3)15-32)19-7-9-20(26)10-8-19/h4-10,14,16,35H,11-13,15H2,1-3H3,(H,27,34)(H,28,29,30,31). The number of tetrazole rings is 1. The van der Waals surface area contributed by atoms with E-state index in [0.717, 1.165) is 5.56 Å². The van der Waals surface area contributed by atoms with Crippen molar-refractivity contribution in [1.82, 2.24) is 30.8 Å². The first-order valence-corrected chi connectivity index (χ1v) is 11.9. The van der Waals surface area contributed by atoms with Gasteiger partial charge in [-0.05, 0) is 48.4 Å². The minimum atomic E-state index is -1.07. The number of carbonyl (C=O) groups excluding carboxylic acids is 2. The van der Waals surface area contributed by atoms with Crippen LogP contribution < -0.4 is 5.32 Å². The van der Waals surface area contributed by atoms with E-state index >= 15 is 0 Å². The summed E-state index contributed by atoms with van der Waals surface area (Å²) in [7, 11) is 0. The lowest BCUT2D eigenvalue weighted by molar-refractivity contribution is -0.153. The highest BCUT2D eigenvalue weighted by Gasteiger charge is 2.49. The van der Waals surface area contributed by atoms with Crippen LogP contribution >= 0.6 is 11.6 Å². The van der Waals surface area contributed by atoms with Crippen molar-refractivity contribution in [1.29, 1.82) is 0 Å². The van der Waals surface area contributed by atoms with E-state index in [4.69, 9.17) is 11.6 Å². The molecule has 184 valence electrons. The number of rotatable bonds is 6. The van der Waals surface area contributed by atoms with Crippen LogP contribution in [0.2, 0.25) is 5.02 Å². The summed E-state index contributed by atoms with van der Waals surface area (Å²) in [5.41, 5.74) is 0.259. The van der Waals surface area contributed by atoms with Crippen molar-refractivity contribution in [2.24, 2.45) is 5.41 Å². The molecular formula is C25H29ClN6O3. The maximum Gasteiger partial charge on any atom is 0.251 e. The van der Waals surface area contributed by atoms with Crippen molar-refractivity contribution in [3.05, 3.63) is 64.7 Å². The minimum absolute atomic E-state index is 0.0652. The normalized spacial score (nSPS) is 20.3. The zero-order valence-corrected chi connectivity index (χ0v) is 20.7. The third-order valence-electron chi connectivity index (χ3n) is 6.71. The highest BCUT2D eigenvalue weighted by atomic mass is 35.5. The zero-order valence-electron chi connectivity index (χ0n) is 20.0. The topological polar surface area (TPSA) is 124 Å². The fraction of sp³-hybridized carbons (Fsp3) is 0.400. The Hall–Kier alpha value is -3.30. The summed E-state index contributed by atoms with van der Waals surface area (Å²) >= 11 is 6.01. The first-order valence-electron chi connectivity index (χ1n) is 11.5. The van der Waals surface area contributed by atoms with Gasteiger partial charge in [-0.3, -0.25) is 9.59 Å². The van der Waals surface area contributed by atoms with Gasteiger partial charge in [-0.1, -0.05) is 49.7 Å². The molecule has 2 unspecified atom stereocenters. The number of aliphatic hydroxyl groups is 1. The Morgan fingerprint density at radius 1 is 1.23 bits per heavy atom. The molecule has 0 aliphatic carbocycles. The Balaban J connectivity index is 1.36. The third-order valence-corrected chi connectivity index (χ3v) is 6.96. The maximum absolute atomic E-state index is 13.1. The van der Waals surface area contributed by atoms with Gasteiger partial charge in [-0.2, -0.15) is 5.21 Å². The summed E-state index contributed by atoms with van der Waals surface area (Å²) in [6, 6.07) is 13.8. The van der Waals surface area contributed by atoms with E-state index < -0.39 is 11.0 Å². The van der Waals surface area contributed by atoms with Gasteiger partial charge in [-0.15, -0.1) is 10.2 Å². The van der Waals surface area contributed by atoms with Gasteiger partial charge in [0, 0.05) is 47.1 Å². The molecule has 2 aromatic carbocycles. The fourth-order valence-corrected chi connectivity index (χ4v) is 4.75. The van der Waals surface area contributed by atoms with Crippen molar-refractivity contribution in [2.75, 3.05) is 13.1 Å². The molecular weight excluding hydrogens is 468 g/mol. The second-order valence-electron chi connectivity index (χ2n) is 9.71. The number of nitrogens with one attached hydrogen (secondary N) is 2. The third kappa shape index (κ3) is 5.21. The van der Waals surface area contributed by atoms with Gasteiger partial charge < -0.3 is 15.3 Å². The van der Waals surface area contributed by atoms with Gasteiger partial charge in [0.15, 0.2) is 0 Å². The molecule has 3 aromatic rings. The molecule has 3 N–H and O–H groups in total. The lowest BCUT2D eigenvalue weighted by atomic mass is 9.66. The van der Waals surface area contributed by atoms with Gasteiger partial charge in [-0.25, -0.2) is 0 Å². The van der Waals surface area contributed by atoms with Crippen molar-refractivity contribution >= 4 is 23.4 Å². The quantitative estimate of drug-likeness (QED) is 0.481. The largest absolute Gasteiger partial charge is 0.384 e. The van der Waals surface area contributed by atoms with Crippen LogP contribution in [0.4, 0.5) is 0 Å². The first-order chi connectivity index (χ1) is 16.6. The number of aromatic nitrogens is 4. The van der Waals surface area contributed by atoms with Crippen molar-refractivity contribution in [3.8, 4) is 11.4 Å². The molecule has 10 heteroatoms. The highest BCUT2D eigenvalue weighted by Crippen LogP contribution is 2.46. The van der Waals surface area contributed by atoms with Crippen LogP contribution in [0, 0.1) is 5.41 Å². The minimum Gasteiger partial charge on any atom is -0.384 e. The molecule has 1 aliphatic rings. The molecule has 0 radical (unpaired) electrons. The van der Waals surface area contributed by atoms with Gasteiger partial charge in [0.25, 0.3) is 5.91 Å². The monoisotopic (exact) mass is 496 g/mol. The number of piperidine rings is 1. The first kappa shape index (κ1) is 24.8. The molecule has 0 saturated carbocycles. The van der Waals surface area contributed by atoms with E-state index in [9.17, 15) is 14.7 Å². The number of likely N-dealkylation sites (tertiary alicyclic amines) is 1. The lowest BCUT2D eigenvalue weighted by Crippen LogP contribution is -2.57. The van der Waals surface area contributed by atoms with Gasteiger partial charge >= 0.3 is 0 Å². The van der Waals surface area contributed by atoms with Crippen LogP contribution in [0.3, 0.4) is 0 Å². The average Bonchev–Trinajstić information content (AvgIpc) is 3.36. The molecule has 0 spiro atoms. The van der Waals surface area contributed by atoms with Crippen molar-refractivity contribution in [3.63, 3.8) is 0 Å². The summed E-state index contributed by atoms with van der Waals surface area (Å²) in [6.45, 7) is 6.55. The van der Waals surface area contributed by atoms with E-state index in [1.54, 1.807) is 48.2 Å². The molecule has 2 heterocycles. The van der Waals surface area contributed by atoms with Gasteiger partial charge in [0.05, 0.1) is 5.60 Å². The van der Waals surface area contributed by atoms with E-state index in [0.29, 0.717) is 41.5 Å². The Labute approximate surface area is 208 Å². The molecule has 2 atom stereocenters. The number of hydrogen-bond acceptors (Lipinski definition) is 6. The highest BCUT2D eigenvalue weighted by molar-refractivity contribution is 6.30. The average molecular weight is 497 g/mol. The summed E-state index contributed by atoms with van der Waals surface area (Å²) in [5, 5.41) is 28.8. The number of halogens is 1. The number of hydrogen-bond donors (Lipinski definition) is 3. The SMILES string of the molecule is CC(CC(=O)N1CCC(O)(c2ccc(Cl)cc2)C(C)(C)C1)NC(=O)c1cccc(-c2nn[nH]n2)c1. The van der Waals surface area contributed by atoms with Gasteiger partial charge in [0.2, 0.25) is 11.7 Å². The van der Waals surface area contributed by atoms with Crippen molar-refractivity contribution < 1.29 is 14.7 Å². The predicted molar refractivity (Wildman–Crippen MR) is 131 cm³/mol. The lowest BCUT2D eigenvalue weighted by Gasteiger charge is -2.50. The number of H-pyrrole nitrogens is 1. The molecule has 1 fully saturated rings. The summed E-state index contributed by atoms with van der Waals surface area (Å²) in [5.74, 6) is 0.0467. The van der Waals surface area contributed by atoms with Crippen LogP contribution in [0.1, 0.15) is 49.5 Å². The van der Waals surface area contributed by atoms with Crippen LogP contribution in [0.25, 0.3) is 11.4 Å². The molecule has 2 amide bonds. The number of aromatic amines is 1. The van der Waals surface area contributed by atoms with E-state index in [1.807, 2.05) is 26.0 Å². The van der Waals surface area contributed by atoms with Gasteiger partial charge in [0.1, 0.15) is 0 Å². The van der Waals surface area contributed by atoms with Crippen LogP contribution in [0.5, 0.6) is 0 Å². The van der Waals surface area contributed by atoms with Crippen LogP contribution in [-0.4, -0.2) is 61.6 Å². The van der Waals surface area contributed by atoms with E-state index in [-0.39, 0.29) is 24.3 Å². The summed E-state index contributed by atoms with van der Waals surface area (Å²) < 4.78 is 0. The summed E-state index contributed by atoms with van der Waals surface area (Å²) in [4.78, 5) is 27.6. The van der Waals surface area contributed by atoms with Crippen LogP contribution in [0.15, 0.2) is 48.5 Å². The van der Waals surface area contributed by atoms with E-state index in [1.165, 1.54) is 0 Å². The second-order valence-corrected chi connectivity index (χ2v) is 10.1. The Kier molecular flexibility index (Phi) is 6.91. The molecule has 4 rings (SSSR count). The number of benzene rings is 2. The Bertz CT molecular complexity index is 1200. The summed E-state index contributed by atoms with van der Waals surface area (Å²) in [6.07, 6.45) is 0.572. The molecule has 9 nitrogen and oxygen atoms in total. The molecule has 35 heavy (non-hydrogen) atoms. The number of amides is 2. The Morgan fingerprint density at radius 3 is 2.63 bits per heavy atom. The van der Waals surface area contributed by atoms with Crippen molar-refractivity contribution in [2.45, 2.75) is 45.3 Å². The number of carbonyl (C=O) groups is 2. The second kappa shape index (κ2) is 9.75. The van der Waals surface area contributed by atoms with Crippen LogP contribution in [-0.2, 0) is 10.4 Å². The van der Waals surface area contributed by atoms with E-state index in [2.05, 4.69) is 25.9 Å². The smallest absolute Gasteiger partial charge is 0.251 e. The zero-order chi connectivity index (χ0) is 25.2. The Morgan fingerprint density at radius 2 is 1.97 bits per heavy atom.